The fourth-order valence-corrected chi connectivity index (χ4v) is 3.37. The highest BCUT2D eigenvalue weighted by molar-refractivity contribution is 7.89. The van der Waals surface area contributed by atoms with Crippen molar-refractivity contribution in [2.75, 3.05) is 13.1 Å². The van der Waals surface area contributed by atoms with Crippen molar-refractivity contribution in [1.82, 2.24) is 4.31 Å². The number of sulfonamides is 1. The molecule has 0 aliphatic heterocycles. The molecule has 0 N–H and O–H groups in total. The molecular weight excluding hydrogens is 236 g/mol. The molecule has 0 aromatic heterocycles. The van der Waals surface area contributed by atoms with Crippen molar-refractivity contribution in [3.63, 3.8) is 0 Å². The third kappa shape index (κ3) is 2.65. The molecule has 1 rings (SSSR count). The summed E-state index contributed by atoms with van der Waals surface area (Å²) in [5, 5.41) is 8.75. The van der Waals surface area contributed by atoms with Crippen LogP contribution in [0.3, 0.4) is 0 Å². The second-order valence-electron chi connectivity index (χ2n) is 3.68. The van der Waals surface area contributed by atoms with Crippen LogP contribution in [0, 0.1) is 18.3 Å². The molecular formula is C12H16N2O2S. The van der Waals surface area contributed by atoms with Gasteiger partial charge in [-0.25, -0.2) is 8.42 Å². The van der Waals surface area contributed by atoms with Crippen LogP contribution in [0.2, 0.25) is 0 Å². The zero-order valence-electron chi connectivity index (χ0n) is 10.3. The fraction of sp³-hybridized carbons (Fsp3) is 0.417. The van der Waals surface area contributed by atoms with Gasteiger partial charge < -0.3 is 0 Å². The van der Waals surface area contributed by atoms with Crippen molar-refractivity contribution < 1.29 is 8.42 Å². The summed E-state index contributed by atoms with van der Waals surface area (Å²) < 4.78 is 25.9. The Morgan fingerprint density at radius 2 is 1.88 bits per heavy atom. The van der Waals surface area contributed by atoms with Gasteiger partial charge in [0.1, 0.15) is 0 Å². The largest absolute Gasteiger partial charge is 0.243 e. The van der Waals surface area contributed by atoms with Gasteiger partial charge in [-0.1, -0.05) is 13.8 Å². The maximum absolute atomic E-state index is 12.3. The molecule has 0 spiro atoms. The SMILES string of the molecule is CCN(CC)S(=O)(=O)c1ccc(C#N)cc1C. The Bertz CT molecular complexity index is 540. The third-order valence-electron chi connectivity index (χ3n) is 2.63. The number of nitriles is 1. The number of hydrogen-bond acceptors (Lipinski definition) is 3. The van der Waals surface area contributed by atoms with Crippen molar-refractivity contribution in [1.29, 1.82) is 5.26 Å². The average Bonchev–Trinajstić information content (AvgIpc) is 2.29. The summed E-state index contributed by atoms with van der Waals surface area (Å²) in [7, 11) is -3.43. The van der Waals surface area contributed by atoms with Crippen LogP contribution in [0.25, 0.3) is 0 Å². The number of benzene rings is 1. The van der Waals surface area contributed by atoms with Crippen LogP contribution in [0.5, 0.6) is 0 Å². The highest BCUT2D eigenvalue weighted by Crippen LogP contribution is 2.20. The Balaban J connectivity index is 3.30. The van der Waals surface area contributed by atoms with Crippen molar-refractivity contribution in [3.8, 4) is 6.07 Å². The number of aryl methyl sites for hydroxylation is 1. The van der Waals surface area contributed by atoms with Gasteiger partial charge in [-0.05, 0) is 30.7 Å². The average molecular weight is 252 g/mol. The van der Waals surface area contributed by atoms with Crippen LogP contribution in [-0.2, 0) is 10.0 Å². The van der Waals surface area contributed by atoms with Crippen LogP contribution in [0.15, 0.2) is 23.1 Å². The molecule has 92 valence electrons. The van der Waals surface area contributed by atoms with Crippen molar-refractivity contribution >= 4 is 10.0 Å². The number of rotatable bonds is 4. The van der Waals surface area contributed by atoms with E-state index in [1.165, 1.54) is 16.4 Å². The second-order valence-corrected chi connectivity index (χ2v) is 5.59. The summed E-state index contributed by atoms with van der Waals surface area (Å²) >= 11 is 0. The zero-order valence-corrected chi connectivity index (χ0v) is 11.1. The first-order valence-corrected chi connectivity index (χ1v) is 6.92. The summed E-state index contributed by atoms with van der Waals surface area (Å²) in [5.41, 5.74) is 1.08. The van der Waals surface area contributed by atoms with E-state index in [-0.39, 0.29) is 4.90 Å². The van der Waals surface area contributed by atoms with Gasteiger partial charge in [0.25, 0.3) is 0 Å². The maximum atomic E-state index is 12.3. The minimum Gasteiger partial charge on any atom is -0.207 e. The quantitative estimate of drug-likeness (QED) is 0.822. The molecule has 17 heavy (non-hydrogen) atoms. The van der Waals surface area contributed by atoms with E-state index in [1.54, 1.807) is 26.8 Å². The van der Waals surface area contributed by atoms with Gasteiger partial charge in [-0.2, -0.15) is 9.57 Å². The van der Waals surface area contributed by atoms with Gasteiger partial charge in [0.15, 0.2) is 0 Å². The molecule has 0 aliphatic carbocycles. The van der Waals surface area contributed by atoms with E-state index < -0.39 is 10.0 Å². The van der Waals surface area contributed by atoms with Crippen LogP contribution in [0.4, 0.5) is 0 Å². The normalized spacial score (nSPS) is 11.5. The van der Waals surface area contributed by atoms with Gasteiger partial charge in [-0.15, -0.1) is 0 Å². The monoisotopic (exact) mass is 252 g/mol. The molecule has 0 fully saturated rings. The summed E-state index contributed by atoms with van der Waals surface area (Å²) in [5.74, 6) is 0. The first-order valence-electron chi connectivity index (χ1n) is 5.48. The smallest absolute Gasteiger partial charge is 0.207 e. The Hall–Kier alpha value is -1.38. The molecule has 0 saturated heterocycles. The molecule has 0 saturated carbocycles. The maximum Gasteiger partial charge on any atom is 0.243 e. The molecule has 0 atom stereocenters. The van der Waals surface area contributed by atoms with Crippen LogP contribution < -0.4 is 0 Å². The highest BCUT2D eigenvalue weighted by atomic mass is 32.2. The second kappa shape index (κ2) is 5.30. The van der Waals surface area contributed by atoms with E-state index in [2.05, 4.69) is 0 Å². The van der Waals surface area contributed by atoms with E-state index >= 15 is 0 Å². The Kier molecular flexibility index (Phi) is 4.27. The highest BCUT2D eigenvalue weighted by Gasteiger charge is 2.23. The predicted octanol–water partition coefficient (Wildman–Crippen LogP) is 1.90. The van der Waals surface area contributed by atoms with Crippen molar-refractivity contribution in [2.45, 2.75) is 25.7 Å². The molecule has 1 aromatic carbocycles. The lowest BCUT2D eigenvalue weighted by atomic mass is 10.2. The van der Waals surface area contributed by atoms with Crippen LogP contribution in [0.1, 0.15) is 25.0 Å². The summed E-state index contributed by atoms with van der Waals surface area (Å²) in [4.78, 5) is 0.278. The van der Waals surface area contributed by atoms with E-state index in [1.807, 2.05) is 6.07 Å². The first-order chi connectivity index (χ1) is 7.97. The number of hydrogen-bond donors (Lipinski definition) is 0. The molecule has 0 amide bonds. The molecule has 0 radical (unpaired) electrons. The Morgan fingerprint density at radius 3 is 2.29 bits per heavy atom. The standard InChI is InChI=1S/C12H16N2O2S/c1-4-14(5-2)17(15,16)12-7-6-11(9-13)8-10(12)3/h6-8H,4-5H2,1-3H3. The first kappa shape index (κ1) is 13.7. The van der Waals surface area contributed by atoms with Gasteiger partial charge in [0.05, 0.1) is 16.5 Å². The molecule has 0 aliphatic rings. The van der Waals surface area contributed by atoms with Gasteiger partial charge in [0, 0.05) is 13.1 Å². The lowest BCUT2D eigenvalue weighted by Crippen LogP contribution is -2.31. The fourth-order valence-electron chi connectivity index (χ4n) is 1.71. The molecule has 5 heteroatoms. The topological polar surface area (TPSA) is 61.2 Å². The summed E-state index contributed by atoms with van der Waals surface area (Å²) in [6.45, 7) is 6.20. The third-order valence-corrected chi connectivity index (χ3v) is 4.84. The minimum absolute atomic E-state index is 0.278. The molecule has 0 heterocycles. The van der Waals surface area contributed by atoms with Crippen molar-refractivity contribution in [2.24, 2.45) is 0 Å². The van der Waals surface area contributed by atoms with Crippen LogP contribution in [-0.4, -0.2) is 25.8 Å². The van der Waals surface area contributed by atoms with Gasteiger partial charge >= 0.3 is 0 Å². The lowest BCUT2D eigenvalue weighted by molar-refractivity contribution is 0.445. The molecule has 1 aromatic rings. The molecule has 4 nitrogen and oxygen atoms in total. The van der Waals surface area contributed by atoms with Gasteiger partial charge in [0.2, 0.25) is 10.0 Å². The minimum atomic E-state index is -3.43. The van der Waals surface area contributed by atoms with E-state index in [4.69, 9.17) is 5.26 Å². The van der Waals surface area contributed by atoms with Crippen molar-refractivity contribution in [3.05, 3.63) is 29.3 Å². The Labute approximate surface area is 103 Å². The summed E-state index contributed by atoms with van der Waals surface area (Å²) in [6, 6.07) is 6.62. The van der Waals surface area contributed by atoms with Gasteiger partial charge in [-0.3, -0.25) is 0 Å². The van der Waals surface area contributed by atoms with E-state index in [9.17, 15) is 8.42 Å². The number of nitrogens with zero attached hydrogens (tertiary/aromatic N) is 2. The van der Waals surface area contributed by atoms with E-state index in [0.717, 1.165) is 0 Å². The zero-order chi connectivity index (χ0) is 13.1. The molecule has 0 unspecified atom stereocenters. The van der Waals surface area contributed by atoms with E-state index in [0.29, 0.717) is 24.2 Å². The van der Waals surface area contributed by atoms with Crippen LogP contribution >= 0.6 is 0 Å². The summed E-state index contributed by atoms with van der Waals surface area (Å²) in [6.07, 6.45) is 0. The lowest BCUT2D eigenvalue weighted by Gasteiger charge is -2.19. The Morgan fingerprint density at radius 1 is 1.29 bits per heavy atom. The predicted molar refractivity (Wildman–Crippen MR) is 66.0 cm³/mol. The molecule has 0 bridgehead atoms.